The predicted octanol–water partition coefficient (Wildman–Crippen LogP) is 0.890. The van der Waals surface area contributed by atoms with Crippen LogP contribution in [0.2, 0.25) is 0 Å². The number of ether oxygens (including phenoxy) is 1. The zero-order valence-corrected chi connectivity index (χ0v) is 12.8. The number of hydrogen-bond acceptors (Lipinski definition) is 6. The molecule has 8 heteroatoms. The fraction of sp³-hybridized carbons (Fsp3) is 0.467. The molecule has 2 N–H and O–H groups in total. The SMILES string of the molecule is Cc1cc(C(=O)NCCc2noc([C@@H]3CCCO3)n2)cc(=O)[nH]1. The van der Waals surface area contributed by atoms with Crippen molar-refractivity contribution in [2.45, 2.75) is 32.3 Å². The van der Waals surface area contributed by atoms with Crippen molar-refractivity contribution >= 4 is 5.91 Å². The first-order valence-electron chi connectivity index (χ1n) is 7.55. The van der Waals surface area contributed by atoms with E-state index >= 15 is 0 Å². The molecule has 0 radical (unpaired) electrons. The molecule has 0 bridgehead atoms. The summed E-state index contributed by atoms with van der Waals surface area (Å²) in [6.45, 7) is 2.80. The lowest BCUT2D eigenvalue weighted by molar-refractivity contribution is 0.0835. The Hall–Kier alpha value is -2.48. The van der Waals surface area contributed by atoms with Crippen LogP contribution in [0.1, 0.15) is 46.7 Å². The second kappa shape index (κ2) is 6.74. The van der Waals surface area contributed by atoms with Crippen LogP contribution in [0.5, 0.6) is 0 Å². The Kier molecular flexibility index (Phi) is 4.52. The number of pyridine rings is 1. The molecular formula is C15H18N4O4. The molecule has 1 fully saturated rings. The molecule has 1 amide bonds. The van der Waals surface area contributed by atoms with Gasteiger partial charge in [0.1, 0.15) is 6.10 Å². The van der Waals surface area contributed by atoms with Gasteiger partial charge in [0.15, 0.2) is 5.82 Å². The molecule has 1 saturated heterocycles. The van der Waals surface area contributed by atoms with Gasteiger partial charge in [0.05, 0.1) is 0 Å². The number of aryl methyl sites for hydroxylation is 1. The van der Waals surface area contributed by atoms with Crippen molar-refractivity contribution in [2.24, 2.45) is 0 Å². The molecule has 1 aliphatic rings. The molecule has 0 spiro atoms. The number of nitrogens with one attached hydrogen (secondary N) is 2. The minimum absolute atomic E-state index is 0.107. The quantitative estimate of drug-likeness (QED) is 0.847. The second-order valence-electron chi connectivity index (χ2n) is 5.47. The molecule has 0 unspecified atom stereocenters. The van der Waals surface area contributed by atoms with Gasteiger partial charge in [-0.3, -0.25) is 9.59 Å². The van der Waals surface area contributed by atoms with Gasteiger partial charge in [-0.25, -0.2) is 0 Å². The van der Waals surface area contributed by atoms with Crippen molar-refractivity contribution in [3.63, 3.8) is 0 Å². The smallest absolute Gasteiger partial charge is 0.255 e. The number of aromatic amines is 1. The van der Waals surface area contributed by atoms with Gasteiger partial charge < -0.3 is 19.6 Å². The second-order valence-corrected chi connectivity index (χ2v) is 5.47. The van der Waals surface area contributed by atoms with Gasteiger partial charge in [0.2, 0.25) is 5.56 Å². The lowest BCUT2D eigenvalue weighted by Gasteiger charge is -2.04. The Bertz CT molecular complexity index is 746. The third-order valence-electron chi connectivity index (χ3n) is 3.56. The fourth-order valence-corrected chi connectivity index (χ4v) is 2.48. The average Bonchev–Trinajstić information content (AvgIpc) is 3.17. The van der Waals surface area contributed by atoms with Crippen LogP contribution in [-0.4, -0.2) is 34.2 Å². The minimum atomic E-state index is -0.304. The highest BCUT2D eigenvalue weighted by Gasteiger charge is 2.23. The van der Waals surface area contributed by atoms with Gasteiger partial charge >= 0.3 is 0 Å². The first kappa shape index (κ1) is 15.4. The first-order valence-corrected chi connectivity index (χ1v) is 7.55. The molecule has 1 atom stereocenters. The van der Waals surface area contributed by atoms with Crippen molar-refractivity contribution in [1.29, 1.82) is 0 Å². The summed E-state index contributed by atoms with van der Waals surface area (Å²) in [6.07, 6.45) is 2.23. The highest BCUT2D eigenvalue weighted by Crippen LogP contribution is 2.26. The summed E-state index contributed by atoms with van der Waals surface area (Å²) in [6, 6.07) is 2.90. The van der Waals surface area contributed by atoms with Gasteiger partial charge in [-0.2, -0.15) is 4.98 Å². The number of rotatable bonds is 5. The summed E-state index contributed by atoms with van der Waals surface area (Å²) in [5.74, 6) is 0.717. The molecule has 2 aromatic heterocycles. The Morgan fingerprint density at radius 3 is 3.09 bits per heavy atom. The molecule has 2 aromatic rings. The molecule has 3 heterocycles. The Balaban J connectivity index is 1.52. The van der Waals surface area contributed by atoms with Crippen LogP contribution in [0.3, 0.4) is 0 Å². The van der Waals surface area contributed by atoms with E-state index in [1.807, 2.05) is 0 Å². The topological polar surface area (TPSA) is 110 Å². The molecule has 1 aliphatic heterocycles. The number of hydrogen-bond donors (Lipinski definition) is 2. The predicted molar refractivity (Wildman–Crippen MR) is 80.1 cm³/mol. The number of carbonyl (C=O) groups is 1. The maximum Gasteiger partial charge on any atom is 0.255 e. The Morgan fingerprint density at radius 1 is 1.48 bits per heavy atom. The molecule has 23 heavy (non-hydrogen) atoms. The molecule has 8 nitrogen and oxygen atoms in total. The van der Waals surface area contributed by atoms with Crippen LogP contribution in [-0.2, 0) is 11.2 Å². The third-order valence-corrected chi connectivity index (χ3v) is 3.56. The zero-order valence-electron chi connectivity index (χ0n) is 12.8. The Morgan fingerprint density at radius 2 is 2.35 bits per heavy atom. The van der Waals surface area contributed by atoms with Crippen LogP contribution < -0.4 is 10.9 Å². The van der Waals surface area contributed by atoms with Gasteiger partial charge in [-0.15, -0.1) is 0 Å². The van der Waals surface area contributed by atoms with Gasteiger partial charge in [0.25, 0.3) is 11.8 Å². The maximum atomic E-state index is 12.0. The van der Waals surface area contributed by atoms with E-state index < -0.39 is 0 Å². The van der Waals surface area contributed by atoms with E-state index in [0.717, 1.165) is 12.8 Å². The molecular weight excluding hydrogens is 300 g/mol. The fourth-order valence-electron chi connectivity index (χ4n) is 2.48. The van der Waals surface area contributed by atoms with Crippen LogP contribution in [0.4, 0.5) is 0 Å². The van der Waals surface area contributed by atoms with E-state index in [-0.39, 0.29) is 17.6 Å². The highest BCUT2D eigenvalue weighted by molar-refractivity contribution is 5.94. The molecule has 122 valence electrons. The van der Waals surface area contributed by atoms with Crippen molar-refractivity contribution in [3.8, 4) is 0 Å². The van der Waals surface area contributed by atoms with Gasteiger partial charge in [-0.1, -0.05) is 5.16 Å². The maximum absolute atomic E-state index is 12.0. The number of amides is 1. The largest absolute Gasteiger partial charge is 0.368 e. The van der Waals surface area contributed by atoms with Crippen LogP contribution in [0.15, 0.2) is 21.5 Å². The number of aromatic nitrogens is 3. The first-order chi connectivity index (χ1) is 11.1. The van der Waals surface area contributed by atoms with Crippen molar-refractivity contribution in [1.82, 2.24) is 20.4 Å². The number of nitrogens with zero attached hydrogens (tertiary/aromatic N) is 2. The van der Waals surface area contributed by atoms with E-state index in [1.54, 1.807) is 13.0 Å². The summed E-state index contributed by atoms with van der Waals surface area (Å²) < 4.78 is 10.7. The molecule has 3 rings (SSSR count). The molecule has 0 aliphatic carbocycles. The minimum Gasteiger partial charge on any atom is -0.368 e. The van der Waals surface area contributed by atoms with Crippen LogP contribution in [0, 0.1) is 6.92 Å². The standard InChI is InChI=1S/C15H18N4O4/c1-9-7-10(8-13(20)17-9)14(21)16-5-4-12-18-15(23-19-12)11-3-2-6-22-11/h7-8,11H,2-6H2,1H3,(H,16,21)(H,17,20)/t11-/m0/s1. The van der Waals surface area contributed by atoms with Gasteiger partial charge in [-0.05, 0) is 25.8 Å². The summed E-state index contributed by atoms with van der Waals surface area (Å²) in [4.78, 5) is 30.2. The summed E-state index contributed by atoms with van der Waals surface area (Å²) in [5, 5.41) is 6.62. The van der Waals surface area contributed by atoms with Crippen LogP contribution in [0.25, 0.3) is 0 Å². The van der Waals surface area contributed by atoms with Crippen molar-refractivity contribution in [2.75, 3.05) is 13.2 Å². The van der Waals surface area contributed by atoms with E-state index in [2.05, 4.69) is 20.4 Å². The van der Waals surface area contributed by atoms with E-state index in [1.165, 1.54) is 6.07 Å². The number of carbonyl (C=O) groups excluding carboxylic acids is 1. The van der Waals surface area contributed by atoms with E-state index in [0.29, 0.717) is 42.5 Å². The lowest BCUT2D eigenvalue weighted by atomic mass is 10.2. The van der Waals surface area contributed by atoms with E-state index in [4.69, 9.17) is 9.26 Å². The average molecular weight is 318 g/mol. The summed E-state index contributed by atoms with van der Waals surface area (Å²) >= 11 is 0. The molecule has 0 saturated carbocycles. The normalized spacial score (nSPS) is 17.3. The number of H-pyrrole nitrogens is 1. The summed E-state index contributed by atoms with van der Waals surface area (Å²) in [5.41, 5.74) is 0.677. The molecule has 0 aromatic carbocycles. The summed E-state index contributed by atoms with van der Waals surface area (Å²) in [7, 11) is 0. The Labute approximate surface area is 132 Å². The van der Waals surface area contributed by atoms with Crippen molar-refractivity contribution < 1.29 is 14.1 Å². The monoisotopic (exact) mass is 318 g/mol. The zero-order chi connectivity index (χ0) is 16.2. The van der Waals surface area contributed by atoms with Crippen LogP contribution >= 0.6 is 0 Å². The van der Waals surface area contributed by atoms with Crippen molar-refractivity contribution in [3.05, 3.63) is 45.5 Å². The highest BCUT2D eigenvalue weighted by atomic mass is 16.5. The lowest BCUT2D eigenvalue weighted by Crippen LogP contribution is -2.27. The third kappa shape index (κ3) is 3.84. The van der Waals surface area contributed by atoms with Gasteiger partial charge in [0, 0.05) is 36.9 Å². The van der Waals surface area contributed by atoms with E-state index in [9.17, 15) is 9.59 Å².